The fourth-order valence-electron chi connectivity index (χ4n) is 1.04. The van der Waals surface area contributed by atoms with Crippen LogP contribution in [0, 0.1) is 0 Å². The van der Waals surface area contributed by atoms with E-state index in [9.17, 15) is 5.11 Å². The van der Waals surface area contributed by atoms with E-state index in [1.165, 1.54) is 25.7 Å². The van der Waals surface area contributed by atoms with Gasteiger partial charge in [-0.1, -0.05) is 38.3 Å². The summed E-state index contributed by atoms with van der Waals surface area (Å²) in [6.45, 7) is 2.22. The number of allylic oxidation sites excluding steroid dienone is 3. The molecule has 12 heavy (non-hydrogen) atoms. The monoisotopic (exact) mass is 167 g/mol. The molecule has 0 fully saturated rings. The first-order chi connectivity index (χ1) is 5.91. The Labute approximate surface area is 75.8 Å². The van der Waals surface area contributed by atoms with Crippen molar-refractivity contribution >= 4 is 0 Å². The molecule has 0 aliphatic carbocycles. The topological polar surface area (TPSA) is 19.9 Å². The van der Waals surface area contributed by atoms with Gasteiger partial charge in [-0.05, 0) is 25.3 Å². The van der Waals surface area contributed by atoms with Gasteiger partial charge in [0.05, 0.1) is 0 Å². The maximum atomic E-state index is 9.89. The maximum absolute atomic E-state index is 9.89. The van der Waals surface area contributed by atoms with Gasteiger partial charge in [-0.25, -0.2) is 0 Å². The fourth-order valence-corrected chi connectivity index (χ4v) is 1.04. The molecule has 0 aromatic carbocycles. The molecule has 0 rings (SSSR count). The van der Waals surface area contributed by atoms with Crippen molar-refractivity contribution in [3.63, 3.8) is 0 Å². The van der Waals surface area contributed by atoms with Crippen molar-refractivity contribution in [1.82, 2.24) is 0 Å². The number of hydrogen-bond donors (Lipinski definition) is 0. The van der Waals surface area contributed by atoms with Crippen LogP contribution < -0.4 is 0 Å². The van der Waals surface area contributed by atoms with Gasteiger partial charge in [-0.3, -0.25) is 5.11 Å². The molecule has 0 amide bonds. The zero-order valence-electron chi connectivity index (χ0n) is 7.96. The van der Waals surface area contributed by atoms with Crippen molar-refractivity contribution in [3.8, 4) is 0 Å². The highest BCUT2D eigenvalue weighted by molar-refractivity contribution is 4.89. The van der Waals surface area contributed by atoms with Crippen LogP contribution in [0.4, 0.5) is 0 Å². The Morgan fingerprint density at radius 3 is 2.50 bits per heavy atom. The molecule has 0 bridgehead atoms. The Morgan fingerprint density at radius 1 is 1.00 bits per heavy atom. The van der Waals surface area contributed by atoms with Gasteiger partial charge in [0, 0.05) is 0 Å². The lowest BCUT2D eigenvalue weighted by atomic mass is 10.1. The van der Waals surface area contributed by atoms with Gasteiger partial charge in [0.2, 0.25) is 0 Å². The Kier molecular flexibility index (Phi) is 9.66. The quantitative estimate of drug-likeness (QED) is 0.312. The van der Waals surface area contributed by atoms with Crippen molar-refractivity contribution in [1.29, 1.82) is 0 Å². The van der Waals surface area contributed by atoms with E-state index >= 15 is 0 Å². The van der Waals surface area contributed by atoms with Crippen LogP contribution in [0.2, 0.25) is 0 Å². The summed E-state index contributed by atoms with van der Waals surface area (Å²) in [5.74, 6) is 0. The first-order valence-corrected chi connectivity index (χ1v) is 4.83. The average Bonchev–Trinajstić information content (AvgIpc) is 2.10. The van der Waals surface area contributed by atoms with Crippen molar-refractivity contribution in [3.05, 3.63) is 24.5 Å². The van der Waals surface area contributed by atoms with E-state index in [2.05, 4.69) is 19.1 Å². The minimum Gasteiger partial charge on any atom is -0.299 e. The standard InChI is InChI=1S/C11H19O/c1-2-3-4-5-6-7-8-9-10-11-12/h7-8,10-11H,2-6,9H2,1H3/b8-7+,11-10+. The van der Waals surface area contributed by atoms with E-state index in [0.717, 1.165) is 19.1 Å². The van der Waals surface area contributed by atoms with Crippen molar-refractivity contribution in [2.75, 3.05) is 0 Å². The van der Waals surface area contributed by atoms with Crippen LogP contribution in [-0.4, -0.2) is 0 Å². The Hall–Kier alpha value is -0.720. The maximum Gasteiger partial charge on any atom is 0.139 e. The normalized spacial score (nSPS) is 11.8. The van der Waals surface area contributed by atoms with Crippen LogP contribution in [0.5, 0.6) is 0 Å². The third-order valence-corrected chi connectivity index (χ3v) is 1.76. The zero-order valence-corrected chi connectivity index (χ0v) is 7.96. The summed E-state index contributed by atoms with van der Waals surface area (Å²) in [5.41, 5.74) is 0. The predicted molar refractivity (Wildman–Crippen MR) is 52.3 cm³/mol. The van der Waals surface area contributed by atoms with Gasteiger partial charge in [0.25, 0.3) is 0 Å². The van der Waals surface area contributed by atoms with E-state index < -0.39 is 0 Å². The lowest BCUT2D eigenvalue weighted by molar-refractivity contribution is 0.350. The van der Waals surface area contributed by atoms with Crippen molar-refractivity contribution in [2.24, 2.45) is 0 Å². The summed E-state index contributed by atoms with van der Waals surface area (Å²) in [4.78, 5) is 0. The van der Waals surface area contributed by atoms with Crippen LogP contribution in [-0.2, 0) is 5.11 Å². The van der Waals surface area contributed by atoms with Crippen LogP contribution >= 0.6 is 0 Å². The van der Waals surface area contributed by atoms with E-state index in [-0.39, 0.29) is 0 Å². The average molecular weight is 167 g/mol. The molecule has 1 heteroatoms. The molecule has 0 saturated heterocycles. The fraction of sp³-hybridized carbons (Fsp3) is 0.636. The number of hydrogen-bond acceptors (Lipinski definition) is 0. The smallest absolute Gasteiger partial charge is 0.139 e. The second kappa shape index (κ2) is 10.3. The van der Waals surface area contributed by atoms with E-state index in [1.54, 1.807) is 6.08 Å². The first kappa shape index (κ1) is 11.3. The molecule has 0 N–H and O–H groups in total. The minimum atomic E-state index is 0.789. The molecule has 0 aromatic rings. The Morgan fingerprint density at radius 2 is 1.83 bits per heavy atom. The third-order valence-electron chi connectivity index (χ3n) is 1.76. The molecule has 0 atom stereocenters. The zero-order chi connectivity index (χ0) is 9.07. The predicted octanol–water partition coefficient (Wildman–Crippen LogP) is 3.85. The van der Waals surface area contributed by atoms with Gasteiger partial charge >= 0.3 is 0 Å². The minimum absolute atomic E-state index is 0.789. The molecule has 0 aliphatic heterocycles. The first-order valence-electron chi connectivity index (χ1n) is 4.83. The van der Waals surface area contributed by atoms with Crippen LogP contribution in [0.15, 0.2) is 24.5 Å². The molecule has 0 aromatic heterocycles. The molecule has 0 heterocycles. The molecular weight excluding hydrogens is 148 g/mol. The van der Waals surface area contributed by atoms with Crippen LogP contribution in [0.25, 0.3) is 0 Å². The number of unbranched alkanes of at least 4 members (excludes halogenated alkanes) is 4. The molecule has 0 spiro atoms. The summed E-state index contributed by atoms with van der Waals surface area (Å²) in [7, 11) is 0. The second-order valence-corrected chi connectivity index (χ2v) is 2.93. The van der Waals surface area contributed by atoms with E-state index in [1.807, 2.05) is 0 Å². The summed E-state index contributed by atoms with van der Waals surface area (Å²) in [6.07, 6.45) is 13.9. The highest BCUT2D eigenvalue weighted by Crippen LogP contribution is 2.03. The molecule has 0 saturated carbocycles. The molecule has 1 radical (unpaired) electrons. The lowest BCUT2D eigenvalue weighted by Gasteiger charge is -1.93. The molecule has 69 valence electrons. The molecule has 0 aliphatic rings. The summed E-state index contributed by atoms with van der Waals surface area (Å²) in [6, 6.07) is 0. The van der Waals surface area contributed by atoms with Crippen molar-refractivity contribution < 1.29 is 5.11 Å². The van der Waals surface area contributed by atoms with Crippen LogP contribution in [0.1, 0.15) is 45.4 Å². The largest absolute Gasteiger partial charge is 0.299 e. The Balaban J connectivity index is 3.02. The lowest BCUT2D eigenvalue weighted by Crippen LogP contribution is -1.73. The summed E-state index contributed by atoms with van der Waals surface area (Å²) < 4.78 is 0. The highest BCUT2D eigenvalue weighted by Gasteiger charge is 1.83. The second-order valence-electron chi connectivity index (χ2n) is 2.93. The van der Waals surface area contributed by atoms with Crippen molar-refractivity contribution in [2.45, 2.75) is 45.4 Å². The third kappa shape index (κ3) is 9.28. The van der Waals surface area contributed by atoms with Crippen LogP contribution in [0.3, 0.4) is 0 Å². The molecular formula is C11H19O. The van der Waals surface area contributed by atoms with Gasteiger partial charge in [0.15, 0.2) is 0 Å². The summed E-state index contributed by atoms with van der Waals surface area (Å²) >= 11 is 0. The Bertz CT molecular complexity index is 125. The SMILES string of the molecule is CCCCCC/C=C/C/C=C/[O]. The highest BCUT2D eigenvalue weighted by atomic mass is 16.2. The van der Waals surface area contributed by atoms with Gasteiger partial charge in [-0.2, -0.15) is 0 Å². The molecule has 0 unspecified atom stereocenters. The summed E-state index contributed by atoms with van der Waals surface area (Å²) in [5, 5.41) is 9.89. The van der Waals surface area contributed by atoms with Gasteiger partial charge in [0.1, 0.15) is 6.26 Å². The van der Waals surface area contributed by atoms with E-state index in [0.29, 0.717) is 0 Å². The van der Waals surface area contributed by atoms with Gasteiger partial charge in [-0.15, -0.1) is 0 Å². The number of rotatable bonds is 7. The molecule has 1 nitrogen and oxygen atoms in total. The van der Waals surface area contributed by atoms with E-state index in [4.69, 9.17) is 0 Å². The van der Waals surface area contributed by atoms with Gasteiger partial charge < -0.3 is 0 Å².